The number of likely N-dealkylation sites (N-methyl/N-ethyl adjacent to an activating group) is 2. The van der Waals surface area contributed by atoms with E-state index < -0.39 is 114 Å². The molecule has 0 spiro atoms. The molecular formula is C69H109N11O15. The number of rotatable bonds is 38. The van der Waals surface area contributed by atoms with Crippen LogP contribution in [0.25, 0.3) is 0 Å². The van der Waals surface area contributed by atoms with Gasteiger partial charge in [0.2, 0.25) is 53.2 Å². The highest BCUT2D eigenvalue weighted by Gasteiger charge is 2.44. The molecule has 26 nitrogen and oxygen atoms in total. The number of aliphatic hydroxyl groups is 1. The van der Waals surface area contributed by atoms with E-state index in [0.717, 1.165) is 0 Å². The number of ether oxygens (including phenoxy) is 3. The summed E-state index contributed by atoms with van der Waals surface area (Å²) in [6.45, 7) is 20.4. The number of primary amides is 1. The van der Waals surface area contributed by atoms with E-state index >= 15 is 0 Å². The van der Waals surface area contributed by atoms with Gasteiger partial charge in [-0.15, -0.1) is 0 Å². The van der Waals surface area contributed by atoms with E-state index in [9.17, 15) is 57.8 Å². The summed E-state index contributed by atoms with van der Waals surface area (Å²) in [4.78, 5) is 153. The number of carbonyl (C=O) groups is 11. The minimum atomic E-state index is -1.11. The third-order valence-corrected chi connectivity index (χ3v) is 18.3. The number of anilines is 1. The SMILES string of the molecule is CC[C@H](C)[C@@H]([C@@H](CC(=O)N1CCC[C@H]1[C@H](OC)[C@@H](C)C(=O)N[C@H](C)[C@@H](O)c1ccccc1)OC)N(C)C(=O)[C@H](NC(=O)[C@H](C(C)C)N(C)C(=O)OCc1ccc(NC(=O)[C@H](CCCNC(N)=O)NC(=O)[C@@H](NC(=O)CCCCCN2C(=O)CC(C)C2=O)C(C)C)cc1)C(C)C. The predicted molar refractivity (Wildman–Crippen MR) is 358 cm³/mol. The van der Waals surface area contributed by atoms with Crippen molar-refractivity contribution in [3.8, 4) is 0 Å². The van der Waals surface area contributed by atoms with Crippen molar-refractivity contribution in [1.82, 2.24) is 46.2 Å². The van der Waals surface area contributed by atoms with Gasteiger partial charge >= 0.3 is 12.1 Å². The summed E-state index contributed by atoms with van der Waals surface area (Å²) in [6, 6.07) is 8.77. The van der Waals surface area contributed by atoms with Crippen molar-refractivity contribution in [3.05, 3.63) is 65.7 Å². The molecule has 26 heteroatoms. The predicted octanol–water partition coefficient (Wildman–Crippen LogP) is 5.55. The number of amides is 12. The smallest absolute Gasteiger partial charge is 0.410 e. The topological polar surface area (TPSA) is 347 Å². The summed E-state index contributed by atoms with van der Waals surface area (Å²) < 4.78 is 17.8. The van der Waals surface area contributed by atoms with Crippen LogP contribution in [0.15, 0.2) is 54.6 Å². The molecule has 13 atom stereocenters. The highest BCUT2D eigenvalue weighted by molar-refractivity contribution is 6.03. The van der Waals surface area contributed by atoms with Crippen LogP contribution in [0.3, 0.4) is 0 Å². The van der Waals surface area contributed by atoms with Gasteiger partial charge in [0, 0.05) is 72.4 Å². The molecule has 0 bridgehead atoms. The van der Waals surface area contributed by atoms with Gasteiger partial charge in [-0.1, -0.05) is 125 Å². The molecule has 1 unspecified atom stereocenters. The fraction of sp³-hybridized carbons (Fsp3) is 0.667. The van der Waals surface area contributed by atoms with Crippen LogP contribution in [-0.4, -0.2) is 192 Å². The lowest BCUT2D eigenvalue weighted by molar-refractivity contribution is -0.148. The molecule has 95 heavy (non-hydrogen) atoms. The van der Waals surface area contributed by atoms with Gasteiger partial charge in [-0.25, -0.2) is 9.59 Å². The number of nitrogens with zero attached hydrogens (tertiary/aromatic N) is 4. The zero-order valence-electron chi connectivity index (χ0n) is 58.6. The maximum absolute atomic E-state index is 14.8. The molecule has 0 saturated carbocycles. The molecule has 2 aromatic carbocycles. The Balaban J connectivity index is 1.37. The molecule has 2 heterocycles. The monoisotopic (exact) mass is 1330 g/mol. The first-order chi connectivity index (χ1) is 44.9. The lowest BCUT2D eigenvalue weighted by Crippen LogP contribution is -2.60. The van der Waals surface area contributed by atoms with E-state index in [1.54, 1.807) is 116 Å². The largest absolute Gasteiger partial charge is 0.445 e. The fourth-order valence-electron chi connectivity index (χ4n) is 12.5. The zero-order chi connectivity index (χ0) is 71.0. The summed E-state index contributed by atoms with van der Waals surface area (Å²) in [6.07, 6.45) is 0.806. The molecule has 530 valence electrons. The van der Waals surface area contributed by atoms with Crippen LogP contribution in [0, 0.1) is 35.5 Å². The van der Waals surface area contributed by atoms with Crippen molar-refractivity contribution >= 4 is 71.0 Å². The average molecular weight is 1330 g/mol. The Hall–Kier alpha value is -7.71. The second-order valence-electron chi connectivity index (χ2n) is 26.6. The van der Waals surface area contributed by atoms with Crippen LogP contribution in [-0.2, 0) is 64.0 Å². The molecule has 2 aromatic rings. The van der Waals surface area contributed by atoms with Crippen molar-refractivity contribution in [1.29, 1.82) is 0 Å². The lowest BCUT2D eigenvalue weighted by atomic mass is 9.89. The van der Waals surface area contributed by atoms with Crippen LogP contribution < -0.4 is 37.6 Å². The highest BCUT2D eigenvalue weighted by Crippen LogP contribution is 2.31. The van der Waals surface area contributed by atoms with Gasteiger partial charge < -0.3 is 66.8 Å². The molecule has 0 aromatic heterocycles. The minimum absolute atomic E-state index is 0.0873. The van der Waals surface area contributed by atoms with Crippen molar-refractivity contribution in [2.75, 3.05) is 53.3 Å². The summed E-state index contributed by atoms with van der Waals surface area (Å²) in [5, 5.41) is 27.7. The first-order valence-corrected chi connectivity index (χ1v) is 33.6. The van der Waals surface area contributed by atoms with E-state index in [1.807, 2.05) is 32.0 Å². The first-order valence-electron chi connectivity index (χ1n) is 33.6. The molecule has 0 aliphatic carbocycles. The number of benzene rings is 2. The van der Waals surface area contributed by atoms with Gasteiger partial charge in [0.1, 0.15) is 30.8 Å². The quantitative estimate of drug-likeness (QED) is 0.0302. The van der Waals surface area contributed by atoms with Crippen LogP contribution in [0.2, 0.25) is 0 Å². The maximum Gasteiger partial charge on any atom is 0.410 e. The second kappa shape index (κ2) is 38.7. The van der Waals surface area contributed by atoms with Crippen molar-refractivity contribution in [2.45, 2.75) is 214 Å². The van der Waals surface area contributed by atoms with Crippen molar-refractivity contribution in [2.24, 2.45) is 41.2 Å². The Morgan fingerprint density at radius 3 is 1.96 bits per heavy atom. The highest BCUT2D eigenvalue weighted by atomic mass is 16.6. The first kappa shape index (κ1) is 79.7. The molecule has 2 aliphatic heterocycles. The van der Waals surface area contributed by atoms with E-state index in [1.165, 1.54) is 31.1 Å². The van der Waals surface area contributed by atoms with Gasteiger partial charge in [-0.05, 0) is 92.4 Å². The lowest BCUT2D eigenvalue weighted by Gasteiger charge is -2.41. The average Bonchev–Trinajstić information content (AvgIpc) is 1.78. The number of nitrogens with two attached hydrogens (primary N) is 1. The molecule has 9 N–H and O–H groups in total. The molecule has 12 amide bonds. The Kier molecular flexibility index (Phi) is 32.5. The Morgan fingerprint density at radius 2 is 1.39 bits per heavy atom. The number of methoxy groups -OCH3 is 2. The normalized spacial score (nSPS) is 18.3. The standard InChI is InChI=1S/C69H109N11O15/c1-16-43(8)59(52(93-14)38-55(83)79-36-24-28-51(79)61(94-15)45(10)62(85)72-46(11)60(84)48-25-19-17-20-26-48)77(12)67(90)57(41(4)5)76-65(88)58(42(6)7)78(13)69(92)95-39-47-30-32-49(33-31-47)73-63(86)50(27-23-34-71-68(70)91)74-64(87)56(40(2)3)75-53(81)29-21-18-22-35-80-54(82)37-44(9)66(80)89/h17,19-20,25-26,30-33,40-46,50-52,56-61,84H,16,18,21-24,27-29,34-39H2,1-15H3,(H,72,85)(H,73,86)(H,74,87)(H,75,81)(H,76,88)(H3,70,71,91)/t43-,44?,45+,46+,50-,51-,52+,56-,57+,58-,59-,60+,61+/m0/s1. The van der Waals surface area contributed by atoms with E-state index in [-0.39, 0.29) is 99.1 Å². The third-order valence-electron chi connectivity index (χ3n) is 18.3. The number of unbranched alkanes of at least 4 members (excludes halogenated alkanes) is 2. The fourth-order valence-corrected chi connectivity index (χ4v) is 12.5. The number of aliphatic hydroxyl groups excluding tert-OH is 1. The van der Waals surface area contributed by atoms with Gasteiger partial charge in [0.15, 0.2) is 0 Å². The third kappa shape index (κ3) is 23.3. The Labute approximate surface area is 561 Å². The number of hydrogen-bond donors (Lipinski definition) is 8. The summed E-state index contributed by atoms with van der Waals surface area (Å²) in [7, 11) is 6.08. The second-order valence-corrected chi connectivity index (χ2v) is 26.6. The maximum atomic E-state index is 14.8. The van der Waals surface area contributed by atoms with Gasteiger partial charge in [0.05, 0.1) is 48.8 Å². The van der Waals surface area contributed by atoms with E-state index in [2.05, 4.69) is 31.9 Å². The molecule has 0 radical (unpaired) electrons. The molecule has 2 fully saturated rings. The number of carbonyl (C=O) groups excluding carboxylic acids is 11. The van der Waals surface area contributed by atoms with Crippen LogP contribution >= 0.6 is 0 Å². The van der Waals surface area contributed by atoms with Crippen molar-refractivity contribution < 1.29 is 72.1 Å². The molecule has 2 saturated heterocycles. The Bertz CT molecular complexity index is 2880. The molecule has 4 rings (SSSR count). The number of imide groups is 1. The van der Waals surface area contributed by atoms with Crippen LogP contribution in [0.1, 0.15) is 164 Å². The Morgan fingerprint density at radius 1 is 0.737 bits per heavy atom. The van der Waals surface area contributed by atoms with E-state index in [4.69, 9.17) is 19.9 Å². The van der Waals surface area contributed by atoms with Crippen LogP contribution in [0.5, 0.6) is 0 Å². The number of hydrogen-bond acceptors (Lipinski definition) is 15. The minimum Gasteiger partial charge on any atom is -0.445 e. The van der Waals surface area contributed by atoms with Crippen LogP contribution in [0.4, 0.5) is 15.3 Å². The number of urea groups is 1. The van der Waals surface area contributed by atoms with Gasteiger partial charge in [-0.2, -0.15) is 0 Å². The number of likely N-dealkylation sites (tertiary alicyclic amines) is 2. The van der Waals surface area contributed by atoms with Gasteiger partial charge in [-0.3, -0.25) is 53.0 Å². The zero-order valence-corrected chi connectivity index (χ0v) is 58.6. The van der Waals surface area contributed by atoms with E-state index in [0.29, 0.717) is 61.9 Å². The summed E-state index contributed by atoms with van der Waals surface area (Å²) >= 11 is 0. The molecular weight excluding hydrogens is 1220 g/mol. The summed E-state index contributed by atoms with van der Waals surface area (Å²) in [5.41, 5.74) is 6.78. The summed E-state index contributed by atoms with van der Waals surface area (Å²) in [5.74, 6) is -5.96. The number of nitrogens with one attached hydrogen (secondary N) is 6. The van der Waals surface area contributed by atoms with Crippen molar-refractivity contribution in [3.63, 3.8) is 0 Å². The molecule has 2 aliphatic rings. The van der Waals surface area contributed by atoms with Gasteiger partial charge in [0.25, 0.3) is 0 Å².